The highest BCUT2D eigenvalue weighted by atomic mass is 32.1. The molecule has 1 aromatic carbocycles. The third-order valence-electron chi connectivity index (χ3n) is 4.40. The van der Waals surface area contributed by atoms with Crippen LogP contribution < -0.4 is 14.8 Å². The number of thiophene rings is 1. The van der Waals surface area contributed by atoms with Crippen LogP contribution in [0.25, 0.3) is 21.7 Å². The smallest absolute Gasteiger partial charge is 0.244 e. The van der Waals surface area contributed by atoms with Crippen LogP contribution in [-0.2, 0) is 11.2 Å². The monoisotopic (exact) mass is 424 g/mol. The van der Waals surface area contributed by atoms with Crippen LogP contribution in [0.2, 0.25) is 0 Å². The van der Waals surface area contributed by atoms with E-state index in [-0.39, 0.29) is 12.7 Å². The zero-order chi connectivity index (χ0) is 19.6. The fourth-order valence-corrected chi connectivity index (χ4v) is 4.48. The van der Waals surface area contributed by atoms with Crippen molar-refractivity contribution in [1.29, 1.82) is 0 Å². The van der Waals surface area contributed by atoms with E-state index in [1.165, 1.54) is 6.08 Å². The Morgan fingerprint density at radius 2 is 2.17 bits per heavy atom. The second kappa shape index (κ2) is 7.69. The number of hydrogen-bond acceptors (Lipinski definition) is 7. The number of hydrogen-bond donors (Lipinski definition) is 1. The van der Waals surface area contributed by atoms with E-state index in [1.807, 2.05) is 45.6 Å². The number of nitrogens with zero attached hydrogens (tertiary/aromatic N) is 3. The molecule has 0 radical (unpaired) electrons. The average molecular weight is 425 g/mol. The predicted molar refractivity (Wildman–Crippen MR) is 112 cm³/mol. The van der Waals surface area contributed by atoms with Crippen LogP contribution in [0.3, 0.4) is 0 Å². The summed E-state index contributed by atoms with van der Waals surface area (Å²) >= 11 is 3.17. The van der Waals surface area contributed by atoms with Gasteiger partial charge in [0.05, 0.1) is 10.6 Å². The summed E-state index contributed by atoms with van der Waals surface area (Å²) in [5, 5.41) is 11.5. The van der Waals surface area contributed by atoms with Crippen molar-refractivity contribution in [1.82, 2.24) is 19.9 Å². The van der Waals surface area contributed by atoms with Gasteiger partial charge in [-0.25, -0.2) is 4.52 Å². The fraction of sp³-hybridized carbons (Fsp3) is 0.150. The Bertz CT molecular complexity index is 1190. The van der Waals surface area contributed by atoms with Gasteiger partial charge in [0.1, 0.15) is 0 Å². The third kappa shape index (κ3) is 3.74. The molecule has 0 saturated carbocycles. The molecule has 5 rings (SSSR count). The molecule has 0 fully saturated rings. The molecule has 0 bridgehead atoms. The molecule has 29 heavy (non-hydrogen) atoms. The average Bonchev–Trinajstić information content (AvgIpc) is 3.50. The summed E-state index contributed by atoms with van der Waals surface area (Å²) in [5.41, 5.74) is 1.91. The van der Waals surface area contributed by atoms with Crippen molar-refractivity contribution >= 4 is 39.6 Å². The number of carbonyl (C=O) groups is 1. The summed E-state index contributed by atoms with van der Waals surface area (Å²) in [4.78, 5) is 18.6. The second-order valence-corrected chi connectivity index (χ2v) is 8.11. The number of amides is 1. The normalized spacial score (nSPS) is 12.8. The van der Waals surface area contributed by atoms with Gasteiger partial charge in [0.25, 0.3) is 0 Å². The number of rotatable bonds is 6. The molecule has 1 aliphatic rings. The van der Waals surface area contributed by atoms with Gasteiger partial charge in [-0.2, -0.15) is 4.98 Å². The van der Waals surface area contributed by atoms with Gasteiger partial charge >= 0.3 is 0 Å². The van der Waals surface area contributed by atoms with E-state index >= 15 is 0 Å². The Morgan fingerprint density at radius 3 is 3.07 bits per heavy atom. The molecule has 0 atom stereocenters. The summed E-state index contributed by atoms with van der Waals surface area (Å²) in [6, 6.07) is 9.57. The number of nitrogens with one attached hydrogen (secondary N) is 1. The molecule has 0 unspecified atom stereocenters. The maximum Gasteiger partial charge on any atom is 0.244 e. The van der Waals surface area contributed by atoms with Crippen LogP contribution in [0.5, 0.6) is 11.5 Å². The quantitative estimate of drug-likeness (QED) is 0.479. The van der Waals surface area contributed by atoms with Crippen LogP contribution in [0.1, 0.15) is 11.3 Å². The first-order valence-electron chi connectivity index (χ1n) is 8.99. The Morgan fingerprint density at radius 1 is 1.24 bits per heavy atom. The van der Waals surface area contributed by atoms with Crippen LogP contribution in [0, 0.1) is 0 Å². The van der Waals surface area contributed by atoms with Crippen molar-refractivity contribution in [3.8, 4) is 22.2 Å². The third-order valence-corrected chi connectivity index (χ3v) is 6.13. The molecule has 3 aromatic heterocycles. The zero-order valence-electron chi connectivity index (χ0n) is 15.2. The van der Waals surface area contributed by atoms with E-state index in [2.05, 4.69) is 15.4 Å². The highest BCUT2D eigenvalue weighted by Gasteiger charge is 2.13. The van der Waals surface area contributed by atoms with E-state index in [9.17, 15) is 4.79 Å². The first-order valence-corrected chi connectivity index (χ1v) is 10.7. The lowest BCUT2D eigenvalue weighted by Gasteiger charge is -2.01. The number of ether oxygens (including phenoxy) is 2. The predicted octanol–water partition coefficient (Wildman–Crippen LogP) is 3.62. The van der Waals surface area contributed by atoms with Crippen LogP contribution >= 0.6 is 22.7 Å². The number of fused-ring (bicyclic) bond motifs is 2. The van der Waals surface area contributed by atoms with Crippen molar-refractivity contribution in [2.75, 3.05) is 13.3 Å². The fourth-order valence-electron chi connectivity index (χ4n) is 2.97. The van der Waals surface area contributed by atoms with Gasteiger partial charge in [-0.05, 0) is 35.2 Å². The van der Waals surface area contributed by atoms with Crippen LogP contribution in [0.15, 0.2) is 47.2 Å². The molecule has 146 valence electrons. The van der Waals surface area contributed by atoms with Gasteiger partial charge in [0, 0.05) is 24.4 Å². The van der Waals surface area contributed by atoms with E-state index in [1.54, 1.807) is 28.7 Å². The highest BCUT2D eigenvalue weighted by molar-refractivity contribution is 7.15. The number of thiazole rings is 1. The summed E-state index contributed by atoms with van der Waals surface area (Å²) in [5.74, 6) is 2.02. The highest BCUT2D eigenvalue weighted by Crippen LogP contribution is 2.32. The van der Waals surface area contributed by atoms with E-state index < -0.39 is 0 Å². The second-order valence-electron chi connectivity index (χ2n) is 6.32. The minimum absolute atomic E-state index is 0.146. The molecule has 4 heterocycles. The molecule has 1 N–H and O–H groups in total. The van der Waals surface area contributed by atoms with Crippen molar-refractivity contribution in [3.05, 3.63) is 58.4 Å². The molecule has 0 saturated heterocycles. The SMILES string of the molecule is O=C(C=Cc1ccc2c(c1)OCO2)NCCc1csc2nc(-c3cccs3)nn12. The van der Waals surface area contributed by atoms with Gasteiger partial charge in [-0.3, -0.25) is 4.79 Å². The lowest BCUT2D eigenvalue weighted by molar-refractivity contribution is -0.116. The molecule has 7 nitrogen and oxygen atoms in total. The number of benzene rings is 1. The Hall–Kier alpha value is -3.17. The summed E-state index contributed by atoms with van der Waals surface area (Å²) < 4.78 is 12.5. The van der Waals surface area contributed by atoms with Crippen molar-refractivity contribution in [2.45, 2.75) is 6.42 Å². The molecule has 9 heteroatoms. The van der Waals surface area contributed by atoms with Gasteiger partial charge in [-0.15, -0.1) is 27.8 Å². The van der Waals surface area contributed by atoms with Gasteiger partial charge < -0.3 is 14.8 Å². The maximum atomic E-state index is 12.1. The molecular weight excluding hydrogens is 408 g/mol. The van der Waals surface area contributed by atoms with Crippen LogP contribution in [0.4, 0.5) is 0 Å². The Kier molecular flexibility index (Phi) is 4.74. The topological polar surface area (TPSA) is 77.8 Å². The molecule has 1 aliphatic heterocycles. The Balaban J connectivity index is 1.18. The minimum atomic E-state index is -0.146. The van der Waals surface area contributed by atoms with Gasteiger partial charge in [0.2, 0.25) is 17.7 Å². The van der Waals surface area contributed by atoms with Crippen molar-refractivity contribution < 1.29 is 14.3 Å². The molecule has 4 aromatic rings. The van der Waals surface area contributed by atoms with Crippen molar-refractivity contribution in [3.63, 3.8) is 0 Å². The number of aromatic nitrogens is 3. The summed E-state index contributed by atoms with van der Waals surface area (Å²) in [7, 11) is 0. The first kappa shape index (κ1) is 17.9. The lowest BCUT2D eigenvalue weighted by atomic mass is 10.2. The van der Waals surface area contributed by atoms with Gasteiger partial charge in [-0.1, -0.05) is 12.1 Å². The molecule has 1 amide bonds. The van der Waals surface area contributed by atoms with Gasteiger partial charge in [0.15, 0.2) is 17.3 Å². The minimum Gasteiger partial charge on any atom is -0.454 e. The summed E-state index contributed by atoms with van der Waals surface area (Å²) in [6.45, 7) is 0.754. The Labute approximate surface area is 174 Å². The van der Waals surface area contributed by atoms with E-state index in [0.717, 1.165) is 32.7 Å². The molecule has 0 spiro atoms. The van der Waals surface area contributed by atoms with Crippen LogP contribution in [-0.4, -0.2) is 33.8 Å². The lowest BCUT2D eigenvalue weighted by Crippen LogP contribution is -2.23. The number of carbonyl (C=O) groups excluding carboxylic acids is 1. The molecule has 0 aliphatic carbocycles. The largest absolute Gasteiger partial charge is 0.454 e. The van der Waals surface area contributed by atoms with E-state index in [4.69, 9.17) is 9.47 Å². The van der Waals surface area contributed by atoms with Crippen molar-refractivity contribution in [2.24, 2.45) is 0 Å². The van der Waals surface area contributed by atoms with E-state index in [0.29, 0.717) is 18.7 Å². The zero-order valence-corrected chi connectivity index (χ0v) is 16.8. The summed E-state index contributed by atoms with van der Waals surface area (Å²) in [6.07, 6.45) is 3.95. The first-order chi connectivity index (χ1) is 14.3. The maximum absolute atomic E-state index is 12.1. The molecular formula is C20H16N4O3S2. The standard InChI is InChI=1S/C20H16N4O3S2/c25-18(6-4-13-3-5-15-16(10-13)27-12-26-15)21-8-7-14-11-29-20-22-19(23-24(14)20)17-2-1-9-28-17/h1-6,9-11H,7-8,12H2,(H,21,25).